The predicted octanol–water partition coefficient (Wildman–Crippen LogP) is 4.28. The third kappa shape index (κ3) is 2.99. The molecule has 4 rings (SSSR count). The second-order valence-electron chi connectivity index (χ2n) is 6.33. The Kier molecular flexibility index (Phi) is 4.53. The first-order valence-corrected chi connectivity index (χ1v) is 8.77. The molecule has 0 saturated carbocycles. The van der Waals surface area contributed by atoms with Gasteiger partial charge in [0.25, 0.3) is 0 Å². The lowest BCUT2D eigenvalue weighted by Gasteiger charge is -2.14. The summed E-state index contributed by atoms with van der Waals surface area (Å²) in [5.74, 6) is 1.73. The van der Waals surface area contributed by atoms with Crippen LogP contribution in [0.15, 0.2) is 61.1 Å². The van der Waals surface area contributed by atoms with Crippen LogP contribution in [0.5, 0.6) is 17.2 Å². The minimum atomic E-state index is 0.554. The van der Waals surface area contributed by atoms with Crippen LogP contribution >= 0.6 is 0 Å². The topological polar surface area (TPSA) is 71.0 Å². The van der Waals surface area contributed by atoms with Crippen LogP contribution in [0.1, 0.15) is 0 Å². The van der Waals surface area contributed by atoms with Gasteiger partial charge in [-0.3, -0.25) is 4.98 Å². The van der Waals surface area contributed by atoms with Gasteiger partial charge < -0.3 is 24.3 Å². The SMILES string of the molecule is COc1cc(-c2nccn3cc(-c4ccc(N)cc4)cc23)cc(OC)c1OC. The van der Waals surface area contributed by atoms with E-state index in [2.05, 4.69) is 21.6 Å². The monoisotopic (exact) mass is 375 g/mol. The zero-order chi connectivity index (χ0) is 19.7. The number of benzene rings is 2. The summed E-state index contributed by atoms with van der Waals surface area (Å²) < 4.78 is 18.4. The van der Waals surface area contributed by atoms with E-state index >= 15 is 0 Å². The highest BCUT2D eigenvalue weighted by Gasteiger charge is 2.17. The van der Waals surface area contributed by atoms with Crippen molar-refractivity contribution < 1.29 is 14.2 Å². The Hall–Kier alpha value is -3.67. The van der Waals surface area contributed by atoms with Crippen LogP contribution in [-0.2, 0) is 0 Å². The fourth-order valence-corrected chi connectivity index (χ4v) is 3.31. The quantitative estimate of drug-likeness (QED) is 0.527. The molecule has 2 aromatic heterocycles. The smallest absolute Gasteiger partial charge is 0.203 e. The van der Waals surface area contributed by atoms with Gasteiger partial charge in [-0.25, -0.2) is 0 Å². The van der Waals surface area contributed by atoms with Crippen molar-refractivity contribution in [1.82, 2.24) is 9.38 Å². The average Bonchev–Trinajstić information content (AvgIpc) is 3.17. The van der Waals surface area contributed by atoms with Crippen LogP contribution in [0.2, 0.25) is 0 Å². The first kappa shape index (κ1) is 17.7. The number of rotatable bonds is 5. The maximum atomic E-state index is 5.81. The van der Waals surface area contributed by atoms with E-state index in [9.17, 15) is 0 Å². The van der Waals surface area contributed by atoms with Crippen molar-refractivity contribution in [3.8, 4) is 39.6 Å². The highest BCUT2D eigenvalue weighted by atomic mass is 16.5. The molecule has 0 spiro atoms. The Labute approximate surface area is 163 Å². The summed E-state index contributed by atoms with van der Waals surface area (Å²) in [7, 11) is 4.79. The number of nitrogen functional groups attached to an aromatic ring is 1. The molecule has 0 aliphatic carbocycles. The molecule has 0 aliphatic rings. The number of hydrogen-bond donors (Lipinski definition) is 1. The van der Waals surface area contributed by atoms with Gasteiger partial charge in [0.2, 0.25) is 5.75 Å². The van der Waals surface area contributed by atoms with Crippen LogP contribution in [0.3, 0.4) is 0 Å². The van der Waals surface area contributed by atoms with Gasteiger partial charge in [-0.2, -0.15) is 0 Å². The van der Waals surface area contributed by atoms with Crippen molar-refractivity contribution in [1.29, 1.82) is 0 Å². The van der Waals surface area contributed by atoms with Crippen molar-refractivity contribution in [2.24, 2.45) is 0 Å². The van der Waals surface area contributed by atoms with Crippen molar-refractivity contribution in [3.05, 3.63) is 61.1 Å². The molecule has 0 radical (unpaired) electrons. The average molecular weight is 375 g/mol. The highest BCUT2D eigenvalue weighted by molar-refractivity contribution is 5.84. The third-order valence-corrected chi connectivity index (χ3v) is 4.70. The Bertz CT molecular complexity index is 1110. The zero-order valence-corrected chi connectivity index (χ0v) is 16.0. The molecule has 0 amide bonds. The van der Waals surface area contributed by atoms with Crippen LogP contribution in [0.25, 0.3) is 27.9 Å². The summed E-state index contributed by atoms with van der Waals surface area (Å²) in [4.78, 5) is 4.61. The normalized spacial score (nSPS) is 10.8. The van der Waals surface area contributed by atoms with Crippen molar-refractivity contribution in [3.63, 3.8) is 0 Å². The van der Waals surface area contributed by atoms with Gasteiger partial charge in [0.1, 0.15) is 0 Å². The molecule has 4 aromatic rings. The van der Waals surface area contributed by atoms with Crippen LogP contribution in [-0.4, -0.2) is 30.7 Å². The fourth-order valence-electron chi connectivity index (χ4n) is 3.31. The second kappa shape index (κ2) is 7.15. The number of ether oxygens (including phenoxy) is 3. The first-order valence-electron chi connectivity index (χ1n) is 8.77. The lowest BCUT2D eigenvalue weighted by Crippen LogP contribution is -1.97. The Morgan fingerprint density at radius 3 is 2.11 bits per heavy atom. The molecule has 6 nitrogen and oxygen atoms in total. The van der Waals surface area contributed by atoms with Gasteiger partial charge in [-0.15, -0.1) is 0 Å². The summed E-state index contributed by atoms with van der Waals surface area (Å²) >= 11 is 0. The Balaban J connectivity index is 1.89. The minimum Gasteiger partial charge on any atom is -0.493 e. The van der Waals surface area contributed by atoms with Crippen LogP contribution < -0.4 is 19.9 Å². The van der Waals surface area contributed by atoms with Crippen molar-refractivity contribution in [2.45, 2.75) is 0 Å². The minimum absolute atomic E-state index is 0.554. The lowest BCUT2D eigenvalue weighted by atomic mass is 10.1. The molecule has 0 saturated heterocycles. The van der Waals surface area contributed by atoms with E-state index in [1.54, 1.807) is 27.5 Å². The first-order chi connectivity index (χ1) is 13.6. The third-order valence-electron chi connectivity index (χ3n) is 4.70. The van der Waals surface area contributed by atoms with Gasteiger partial charge in [0, 0.05) is 35.4 Å². The van der Waals surface area contributed by atoms with E-state index in [4.69, 9.17) is 19.9 Å². The van der Waals surface area contributed by atoms with E-state index < -0.39 is 0 Å². The van der Waals surface area contributed by atoms with Gasteiger partial charge in [-0.05, 0) is 35.9 Å². The van der Waals surface area contributed by atoms with Crippen LogP contribution in [0, 0.1) is 0 Å². The molecule has 2 heterocycles. The van der Waals surface area contributed by atoms with E-state index in [1.807, 2.05) is 42.6 Å². The molecule has 0 bridgehead atoms. The maximum Gasteiger partial charge on any atom is 0.203 e. The van der Waals surface area contributed by atoms with E-state index in [-0.39, 0.29) is 0 Å². The second-order valence-corrected chi connectivity index (χ2v) is 6.33. The van der Waals surface area contributed by atoms with E-state index in [0.29, 0.717) is 17.2 Å². The largest absolute Gasteiger partial charge is 0.493 e. The molecule has 0 aliphatic heterocycles. The van der Waals surface area contributed by atoms with Gasteiger partial charge in [-0.1, -0.05) is 12.1 Å². The van der Waals surface area contributed by atoms with Crippen LogP contribution in [0.4, 0.5) is 5.69 Å². The Morgan fingerprint density at radius 1 is 0.821 bits per heavy atom. The number of nitrogens with zero attached hydrogens (tertiary/aromatic N) is 2. The van der Waals surface area contributed by atoms with Crippen molar-refractivity contribution in [2.75, 3.05) is 27.1 Å². The molecular formula is C22H21N3O3. The van der Waals surface area contributed by atoms with E-state index in [1.165, 1.54) is 0 Å². The summed E-state index contributed by atoms with van der Waals surface area (Å²) in [6.45, 7) is 0. The number of fused-ring (bicyclic) bond motifs is 1. The standard InChI is InChI=1S/C22H21N3O3/c1-26-19-11-15(12-20(27-2)22(19)28-3)21-18-10-16(13-25(18)9-8-24-21)14-4-6-17(23)7-5-14/h4-13H,23H2,1-3H3. The number of methoxy groups -OCH3 is 3. The van der Waals surface area contributed by atoms with Crippen molar-refractivity contribution >= 4 is 11.2 Å². The Morgan fingerprint density at radius 2 is 1.50 bits per heavy atom. The van der Waals surface area contributed by atoms with Gasteiger partial charge in [0.05, 0.1) is 32.5 Å². The fraction of sp³-hybridized carbons (Fsp3) is 0.136. The summed E-state index contributed by atoms with van der Waals surface area (Å²) in [6, 6.07) is 13.7. The number of nitrogens with two attached hydrogens (primary N) is 1. The molecule has 28 heavy (non-hydrogen) atoms. The summed E-state index contributed by atoms with van der Waals surface area (Å²) in [5.41, 5.74) is 11.4. The zero-order valence-electron chi connectivity index (χ0n) is 16.0. The molecule has 2 aromatic carbocycles. The summed E-state index contributed by atoms with van der Waals surface area (Å²) in [5, 5.41) is 0. The molecule has 142 valence electrons. The molecule has 0 unspecified atom stereocenters. The van der Waals surface area contributed by atoms with Gasteiger partial charge in [0.15, 0.2) is 11.5 Å². The molecule has 2 N–H and O–H groups in total. The number of aromatic nitrogens is 2. The molecule has 0 fully saturated rings. The molecular weight excluding hydrogens is 354 g/mol. The lowest BCUT2D eigenvalue weighted by molar-refractivity contribution is 0.324. The number of anilines is 1. The molecule has 6 heteroatoms. The predicted molar refractivity (Wildman–Crippen MR) is 110 cm³/mol. The molecule has 0 atom stereocenters. The van der Waals surface area contributed by atoms with Gasteiger partial charge >= 0.3 is 0 Å². The summed E-state index contributed by atoms with van der Waals surface area (Å²) in [6.07, 6.45) is 5.78. The number of hydrogen-bond acceptors (Lipinski definition) is 5. The van der Waals surface area contributed by atoms with E-state index in [0.717, 1.165) is 33.6 Å². The highest BCUT2D eigenvalue weighted by Crippen LogP contribution is 2.41. The maximum absolute atomic E-state index is 5.81.